The Morgan fingerprint density at radius 2 is 2.04 bits per heavy atom. The minimum atomic E-state index is 0. The zero-order valence-corrected chi connectivity index (χ0v) is 18.9. The van der Waals surface area contributed by atoms with Gasteiger partial charge in [0.2, 0.25) is 0 Å². The Labute approximate surface area is 174 Å². The first-order valence-corrected chi connectivity index (χ1v) is 10.8. The molecule has 1 aliphatic carbocycles. The van der Waals surface area contributed by atoms with Gasteiger partial charge < -0.3 is 20.1 Å². The minimum absolute atomic E-state index is 0. The summed E-state index contributed by atoms with van der Waals surface area (Å²) in [6, 6.07) is 0.562. The molecule has 0 amide bonds. The van der Waals surface area contributed by atoms with Gasteiger partial charge in [-0.3, -0.25) is 4.99 Å². The van der Waals surface area contributed by atoms with E-state index in [1.165, 1.54) is 25.7 Å². The predicted molar refractivity (Wildman–Crippen MR) is 118 cm³/mol. The first-order valence-electron chi connectivity index (χ1n) is 9.47. The van der Waals surface area contributed by atoms with Gasteiger partial charge in [0.1, 0.15) is 0 Å². The number of thioether (sulfide) groups is 1. The zero-order valence-electron chi connectivity index (χ0n) is 15.8. The Morgan fingerprint density at radius 3 is 2.76 bits per heavy atom. The van der Waals surface area contributed by atoms with Crippen LogP contribution in [0, 0.1) is 5.92 Å². The van der Waals surface area contributed by atoms with E-state index in [9.17, 15) is 0 Å². The lowest BCUT2D eigenvalue weighted by atomic mass is 9.95. The lowest BCUT2D eigenvalue weighted by molar-refractivity contribution is 0.0203. The number of guanidine groups is 1. The molecule has 1 heterocycles. The molecule has 0 aromatic carbocycles. The Bertz CT molecular complexity index is 368. The smallest absolute Gasteiger partial charge is 0.191 e. The maximum atomic E-state index is 5.81. The van der Waals surface area contributed by atoms with Crippen molar-refractivity contribution < 1.29 is 9.47 Å². The normalized spacial score (nSPS) is 25.3. The second-order valence-corrected chi connectivity index (χ2v) is 7.99. The molecule has 2 unspecified atom stereocenters. The van der Waals surface area contributed by atoms with E-state index in [0.717, 1.165) is 63.4 Å². The first kappa shape index (κ1) is 23.3. The molecular weight excluding hydrogens is 449 g/mol. The van der Waals surface area contributed by atoms with Crippen LogP contribution >= 0.6 is 35.7 Å². The summed E-state index contributed by atoms with van der Waals surface area (Å²) in [6.07, 6.45) is 10.7. The molecule has 0 spiro atoms. The Kier molecular flexibility index (Phi) is 13.4. The summed E-state index contributed by atoms with van der Waals surface area (Å²) in [7, 11) is 1.85. The largest absolute Gasteiger partial charge is 0.381 e. The Morgan fingerprint density at radius 1 is 1.24 bits per heavy atom. The van der Waals surface area contributed by atoms with Crippen LogP contribution in [-0.4, -0.2) is 63.5 Å². The van der Waals surface area contributed by atoms with Crippen molar-refractivity contribution in [2.45, 2.75) is 56.2 Å². The van der Waals surface area contributed by atoms with Crippen molar-refractivity contribution in [3.63, 3.8) is 0 Å². The van der Waals surface area contributed by atoms with Crippen LogP contribution < -0.4 is 10.6 Å². The molecule has 2 N–H and O–H groups in total. The van der Waals surface area contributed by atoms with Crippen molar-refractivity contribution in [1.29, 1.82) is 0 Å². The molecule has 2 atom stereocenters. The monoisotopic (exact) mass is 485 g/mol. The van der Waals surface area contributed by atoms with E-state index in [-0.39, 0.29) is 24.0 Å². The summed E-state index contributed by atoms with van der Waals surface area (Å²) in [5, 5.41) is 7.80. The Hall–Kier alpha value is 0.270. The molecule has 5 nitrogen and oxygen atoms in total. The highest BCUT2D eigenvalue weighted by Gasteiger charge is 2.21. The van der Waals surface area contributed by atoms with Crippen LogP contribution in [0.4, 0.5) is 0 Å². The van der Waals surface area contributed by atoms with Gasteiger partial charge in [-0.15, -0.1) is 24.0 Å². The number of ether oxygens (including phenoxy) is 2. The van der Waals surface area contributed by atoms with Crippen LogP contribution in [0.2, 0.25) is 0 Å². The third-order valence-electron chi connectivity index (χ3n) is 4.98. The van der Waals surface area contributed by atoms with E-state index in [4.69, 9.17) is 9.47 Å². The molecule has 2 fully saturated rings. The van der Waals surface area contributed by atoms with Crippen molar-refractivity contribution in [2.24, 2.45) is 10.9 Å². The van der Waals surface area contributed by atoms with Crippen LogP contribution in [0.3, 0.4) is 0 Å². The lowest BCUT2D eigenvalue weighted by Gasteiger charge is -2.29. The molecule has 1 aliphatic heterocycles. The van der Waals surface area contributed by atoms with E-state index < -0.39 is 0 Å². The molecule has 148 valence electrons. The van der Waals surface area contributed by atoms with Crippen LogP contribution in [0.15, 0.2) is 4.99 Å². The fourth-order valence-electron chi connectivity index (χ4n) is 3.42. The molecule has 25 heavy (non-hydrogen) atoms. The van der Waals surface area contributed by atoms with Crippen LogP contribution in [0.1, 0.15) is 44.9 Å². The summed E-state index contributed by atoms with van der Waals surface area (Å²) >= 11 is 2.00. The van der Waals surface area contributed by atoms with Crippen molar-refractivity contribution in [3.05, 3.63) is 0 Å². The van der Waals surface area contributed by atoms with Gasteiger partial charge in [-0.05, 0) is 50.7 Å². The molecule has 0 aromatic rings. The number of hydrogen-bond donors (Lipinski definition) is 2. The predicted octanol–water partition coefficient (Wildman–Crippen LogP) is 3.28. The molecular formula is C18H36IN3O2S. The number of halogens is 1. The standard InChI is InChI=1S/C18H35N3O2S.HI/c1-19-18(21-16-5-3-6-17(13-16)24-2)20-9-4-10-23-14-15-7-11-22-12-8-15;/h15-17H,3-14H2,1-2H3,(H2,19,20,21);1H. The molecule has 7 heteroatoms. The van der Waals surface area contributed by atoms with Gasteiger partial charge in [0, 0.05) is 51.3 Å². The van der Waals surface area contributed by atoms with E-state index >= 15 is 0 Å². The maximum absolute atomic E-state index is 5.81. The number of rotatable bonds is 8. The number of nitrogens with one attached hydrogen (secondary N) is 2. The zero-order chi connectivity index (χ0) is 17.0. The molecule has 2 aliphatic rings. The van der Waals surface area contributed by atoms with Crippen LogP contribution in [0.25, 0.3) is 0 Å². The lowest BCUT2D eigenvalue weighted by Crippen LogP contribution is -2.46. The number of hydrogen-bond acceptors (Lipinski definition) is 4. The third-order valence-corrected chi connectivity index (χ3v) is 6.07. The average molecular weight is 485 g/mol. The van der Waals surface area contributed by atoms with Crippen molar-refractivity contribution in [3.8, 4) is 0 Å². The summed E-state index contributed by atoms with van der Waals surface area (Å²) in [6.45, 7) is 4.41. The molecule has 0 bridgehead atoms. The topological polar surface area (TPSA) is 54.9 Å². The SMILES string of the molecule is CN=C(NCCCOCC1CCOCC1)NC1CCCC(SC)C1.I. The molecule has 0 radical (unpaired) electrons. The van der Waals surface area contributed by atoms with Crippen LogP contribution in [0.5, 0.6) is 0 Å². The van der Waals surface area contributed by atoms with Gasteiger partial charge in [-0.2, -0.15) is 11.8 Å². The molecule has 2 rings (SSSR count). The highest BCUT2D eigenvalue weighted by molar-refractivity contribution is 14.0. The van der Waals surface area contributed by atoms with Crippen LogP contribution in [-0.2, 0) is 9.47 Å². The van der Waals surface area contributed by atoms with Gasteiger partial charge in [0.05, 0.1) is 0 Å². The minimum Gasteiger partial charge on any atom is -0.381 e. The second-order valence-electron chi connectivity index (χ2n) is 6.85. The first-order chi connectivity index (χ1) is 11.8. The fraction of sp³-hybridized carbons (Fsp3) is 0.944. The summed E-state index contributed by atoms with van der Waals surface area (Å²) < 4.78 is 11.2. The number of nitrogens with zero attached hydrogens (tertiary/aromatic N) is 1. The van der Waals surface area contributed by atoms with E-state index in [2.05, 4.69) is 21.9 Å². The third kappa shape index (κ3) is 9.68. The van der Waals surface area contributed by atoms with Gasteiger partial charge in [-0.1, -0.05) is 6.42 Å². The molecule has 1 saturated heterocycles. The average Bonchev–Trinajstić information content (AvgIpc) is 2.64. The molecule has 0 aromatic heterocycles. The van der Waals surface area contributed by atoms with Crippen molar-refractivity contribution in [1.82, 2.24) is 10.6 Å². The highest BCUT2D eigenvalue weighted by Crippen LogP contribution is 2.26. The summed E-state index contributed by atoms with van der Waals surface area (Å²) in [4.78, 5) is 4.36. The van der Waals surface area contributed by atoms with E-state index in [1.54, 1.807) is 0 Å². The number of aliphatic imine (C=N–C) groups is 1. The summed E-state index contributed by atoms with van der Waals surface area (Å²) in [5.41, 5.74) is 0. The fourth-order valence-corrected chi connectivity index (χ4v) is 4.25. The van der Waals surface area contributed by atoms with Gasteiger partial charge in [0.25, 0.3) is 0 Å². The van der Waals surface area contributed by atoms with Gasteiger partial charge in [-0.25, -0.2) is 0 Å². The highest BCUT2D eigenvalue weighted by atomic mass is 127. The van der Waals surface area contributed by atoms with Crippen molar-refractivity contribution in [2.75, 3.05) is 46.3 Å². The Balaban J connectivity index is 0.00000312. The molecule has 1 saturated carbocycles. The van der Waals surface area contributed by atoms with Gasteiger partial charge in [0.15, 0.2) is 5.96 Å². The second kappa shape index (κ2) is 14.3. The van der Waals surface area contributed by atoms with E-state index in [0.29, 0.717) is 12.0 Å². The van der Waals surface area contributed by atoms with Gasteiger partial charge >= 0.3 is 0 Å². The summed E-state index contributed by atoms with van der Waals surface area (Å²) in [5.74, 6) is 1.63. The van der Waals surface area contributed by atoms with Crippen molar-refractivity contribution >= 4 is 41.7 Å². The quantitative estimate of drug-likeness (QED) is 0.239. The van der Waals surface area contributed by atoms with E-state index in [1.807, 2.05) is 18.8 Å². The maximum Gasteiger partial charge on any atom is 0.191 e.